The lowest BCUT2D eigenvalue weighted by atomic mass is 10.1. The highest BCUT2D eigenvalue weighted by Gasteiger charge is 2.31. The summed E-state index contributed by atoms with van der Waals surface area (Å²) in [6.07, 6.45) is -1.84. The number of nitrogens with zero attached hydrogens (tertiary/aromatic N) is 2. The van der Waals surface area contributed by atoms with E-state index in [1.165, 1.54) is 19.5 Å². The summed E-state index contributed by atoms with van der Waals surface area (Å²) in [4.78, 5) is 28.2. The maximum atomic E-state index is 12.8. The first kappa shape index (κ1) is 19.5. The molecule has 1 aromatic carbocycles. The second-order valence-electron chi connectivity index (χ2n) is 5.56. The van der Waals surface area contributed by atoms with Gasteiger partial charge in [0.2, 0.25) is 5.91 Å². The molecule has 0 saturated heterocycles. The lowest BCUT2D eigenvalue weighted by Crippen LogP contribution is -2.28. The van der Waals surface area contributed by atoms with E-state index in [2.05, 4.69) is 10.3 Å². The van der Waals surface area contributed by atoms with Crippen molar-refractivity contribution in [3.63, 3.8) is 0 Å². The van der Waals surface area contributed by atoms with E-state index < -0.39 is 23.2 Å². The molecule has 1 amide bonds. The van der Waals surface area contributed by atoms with Crippen LogP contribution in [0.15, 0.2) is 35.4 Å². The summed E-state index contributed by atoms with van der Waals surface area (Å²) >= 11 is 0. The molecule has 0 atom stereocenters. The van der Waals surface area contributed by atoms with E-state index in [9.17, 15) is 22.8 Å². The molecule has 0 aliphatic carbocycles. The minimum atomic E-state index is -4.55. The Kier molecular flexibility index (Phi) is 6.01. The molecule has 0 fully saturated rings. The molecule has 1 N–H and O–H groups in total. The van der Waals surface area contributed by atoms with Crippen molar-refractivity contribution in [3.8, 4) is 5.75 Å². The lowest BCUT2D eigenvalue weighted by Gasteiger charge is -2.14. The minimum absolute atomic E-state index is 0.0788. The Morgan fingerprint density at radius 1 is 1.31 bits per heavy atom. The van der Waals surface area contributed by atoms with Crippen LogP contribution in [0.3, 0.4) is 0 Å². The van der Waals surface area contributed by atoms with Gasteiger partial charge in [-0.25, -0.2) is 4.98 Å². The number of halogens is 3. The number of benzene rings is 1. The molecule has 0 saturated carbocycles. The SMILES string of the molecule is CCCc1cc(=O)n(CC(=O)Nc2cc(C(F)(F)F)ccc2OC)cn1. The van der Waals surface area contributed by atoms with E-state index in [1.54, 1.807) is 0 Å². The molecule has 0 aliphatic heterocycles. The van der Waals surface area contributed by atoms with E-state index in [0.717, 1.165) is 29.2 Å². The van der Waals surface area contributed by atoms with Gasteiger partial charge >= 0.3 is 6.18 Å². The predicted octanol–water partition coefficient (Wildman–Crippen LogP) is 2.86. The van der Waals surface area contributed by atoms with E-state index >= 15 is 0 Å². The van der Waals surface area contributed by atoms with Gasteiger partial charge in [-0.2, -0.15) is 13.2 Å². The fourth-order valence-corrected chi connectivity index (χ4v) is 2.30. The van der Waals surface area contributed by atoms with E-state index in [1.807, 2.05) is 6.92 Å². The highest BCUT2D eigenvalue weighted by atomic mass is 19.4. The molecule has 0 aliphatic rings. The van der Waals surface area contributed by atoms with Crippen LogP contribution in [0.25, 0.3) is 0 Å². The van der Waals surface area contributed by atoms with Crippen LogP contribution in [-0.2, 0) is 23.9 Å². The number of methoxy groups -OCH3 is 1. The molecule has 2 aromatic rings. The molecular formula is C17H18F3N3O3. The predicted molar refractivity (Wildman–Crippen MR) is 89.1 cm³/mol. The van der Waals surface area contributed by atoms with Gasteiger partial charge in [0.1, 0.15) is 12.3 Å². The zero-order chi connectivity index (χ0) is 19.3. The first-order chi connectivity index (χ1) is 12.2. The van der Waals surface area contributed by atoms with Crippen LogP contribution in [-0.4, -0.2) is 22.6 Å². The standard InChI is InChI=1S/C17H18F3N3O3/c1-3-4-12-8-16(25)23(10-21-12)9-15(24)22-13-7-11(17(18,19)20)5-6-14(13)26-2/h5-8,10H,3-4,9H2,1-2H3,(H,22,24). The van der Waals surface area contributed by atoms with Gasteiger partial charge in [0.25, 0.3) is 5.56 Å². The summed E-state index contributed by atoms with van der Waals surface area (Å²) in [5.41, 5.74) is -0.837. The maximum absolute atomic E-state index is 12.8. The van der Waals surface area contributed by atoms with Gasteiger partial charge in [-0.15, -0.1) is 0 Å². The van der Waals surface area contributed by atoms with Crippen LogP contribution in [0.2, 0.25) is 0 Å². The lowest BCUT2D eigenvalue weighted by molar-refractivity contribution is -0.137. The number of carbonyl (C=O) groups is 1. The molecule has 140 valence electrons. The van der Waals surface area contributed by atoms with E-state index in [-0.39, 0.29) is 18.0 Å². The first-order valence-corrected chi connectivity index (χ1v) is 7.85. The van der Waals surface area contributed by atoms with Crippen LogP contribution in [0, 0.1) is 0 Å². The van der Waals surface area contributed by atoms with Crippen LogP contribution >= 0.6 is 0 Å². The van der Waals surface area contributed by atoms with Crippen LogP contribution in [0.1, 0.15) is 24.6 Å². The topological polar surface area (TPSA) is 73.2 Å². The molecule has 0 bridgehead atoms. The van der Waals surface area contributed by atoms with E-state index in [0.29, 0.717) is 12.1 Å². The number of rotatable bonds is 6. The average molecular weight is 369 g/mol. The zero-order valence-corrected chi connectivity index (χ0v) is 14.3. The third-order valence-electron chi connectivity index (χ3n) is 3.56. The summed E-state index contributed by atoms with van der Waals surface area (Å²) in [6.45, 7) is 1.57. The van der Waals surface area contributed by atoms with Crippen molar-refractivity contribution in [2.75, 3.05) is 12.4 Å². The molecule has 1 aromatic heterocycles. The fourth-order valence-electron chi connectivity index (χ4n) is 2.30. The number of amides is 1. The van der Waals surface area contributed by atoms with Gasteiger partial charge < -0.3 is 10.1 Å². The minimum Gasteiger partial charge on any atom is -0.495 e. The molecule has 2 rings (SSSR count). The van der Waals surface area contributed by atoms with Crippen molar-refractivity contribution in [1.82, 2.24) is 9.55 Å². The number of hydrogen-bond donors (Lipinski definition) is 1. The number of nitrogens with one attached hydrogen (secondary N) is 1. The molecule has 6 nitrogen and oxygen atoms in total. The monoisotopic (exact) mass is 369 g/mol. The summed E-state index contributed by atoms with van der Waals surface area (Å²) in [5, 5.41) is 2.34. The molecule has 0 spiro atoms. The quantitative estimate of drug-likeness (QED) is 0.850. The smallest absolute Gasteiger partial charge is 0.416 e. The molecule has 0 unspecified atom stereocenters. The number of alkyl halides is 3. The van der Waals surface area contributed by atoms with Crippen LogP contribution in [0.5, 0.6) is 5.75 Å². The first-order valence-electron chi connectivity index (χ1n) is 7.85. The summed E-state index contributed by atoms with van der Waals surface area (Å²) in [6, 6.07) is 4.09. The van der Waals surface area contributed by atoms with Gasteiger partial charge in [-0.3, -0.25) is 14.2 Å². The Hall–Kier alpha value is -2.84. The van der Waals surface area contributed by atoms with Crippen molar-refractivity contribution < 1.29 is 22.7 Å². The third kappa shape index (κ3) is 4.84. The molecule has 26 heavy (non-hydrogen) atoms. The van der Waals surface area contributed by atoms with Gasteiger partial charge in [0.05, 0.1) is 24.7 Å². The Morgan fingerprint density at radius 3 is 2.62 bits per heavy atom. The highest BCUT2D eigenvalue weighted by Crippen LogP contribution is 2.34. The largest absolute Gasteiger partial charge is 0.495 e. The van der Waals surface area contributed by atoms with Crippen molar-refractivity contribution in [3.05, 3.63) is 52.2 Å². The fraction of sp³-hybridized carbons (Fsp3) is 0.353. The number of carbonyl (C=O) groups excluding carboxylic acids is 1. The number of aromatic nitrogens is 2. The normalized spacial score (nSPS) is 11.3. The highest BCUT2D eigenvalue weighted by molar-refractivity contribution is 5.92. The maximum Gasteiger partial charge on any atom is 0.416 e. The number of ether oxygens (including phenoxy) is 1. The Morgan fingerprint density at radius 2 is 2.04 bits per heavy atom. The van der Waals surface area contributed by atoms with Gasteiger partial charge in [0, 0.05) is 11.8 Å². The van der Waals surface area contributed by atoms with Crippen molar-refractivity contribution in [1.29, 1.82) is 0 Å². The van der Waals surface area contributed by atoms with Crippen molar-refractivity contribution in [2.45, 2.75) is 32.5 Å². The number of anilines is 1. The molecular weight excluding hydrogens is 351 g/mol. The Bertz CT molecular complexity index is 847. The van der Waals surface area contributed by atoms with Crippen LogP contribution < -0.4 is 15.6 Å². The molecule has 0 radical (unpaired) electrons. The second-order valence-corrected chi connectivity index (χ2v) is 5.56. The summed E-state index contributed by atoms with van der Waals surface area (Å²) in [5.74, 6) is -0.593. The van der Waals surface area contributed by atoms with Crippen LogP contribution in [0.4, 0.5) is 18.9 Å². The third-order valence-corrected chi connectivity index (χ3v) is 3.56. The summed E-state index contributed by atoms with van der Waals surface area (Å²) < 4.78 is 44.5. The molecule has 9 heteroatoms. The van der Waals surface area contributed by atoms with Gasteiger partial charge in [-0.1, -0.05) is 13.3 Å². The average Bonchev–Trinajstić information content (AvgIpc) is 2.56. The van der Waals surface area contributed by atoms with E-state index in [4.69, 9.17) is 4.74 Å². The second kappa shape index (κ2) is 8.03. The summed E-state index contributed by atoms with van der Waals surface area (Å²) in [7, 11) is 1.28. The Labute approximate surface area is 147 Å². The van der Waals surface area contributed by atoms with Gasteiger partial charge in [0.15, 0.2) is 0 Å². The Balaban J connectivity index is 2.18. The number of hydrogen-bond acceptors (Lipinski definition) is 4. The molecule has 1 heterocycles. The zero-order valence-electron chi connectivity index (χ0n) is 14.3. The van der Waals surface area contributed by atoms with Crippen molar-refractivity contribution >= 4 is 11.6 Å². The number of aryl methyl sites for hydroxylation is 1. The van der Waals surface area contributed by atoms with Gasteiger partial charge in [-0.05, 0) is 24.6 Å². The van der Waals surface area contributed by atoms with Crippen molar-refractivity contribution in [2.24, 2.45) is 0 Å².